The summed E-state index contributed by atoms with van der Waals surface area (Å²) in [6.07, 6.45) is 3.20. The molecule has 3 rings (SSSR count). The van der Waals surface area contributed by atoms with Gasteiger partial charge in [0.1, 0.15) is 24.7 Å². The number of halogens is 1. The van der Waals surface area contributed by atoms with Crippen molar-refractivity contribution in [3.8, 4) is 11.5 Å². The second-order valence-corrected chi connectivity index (χ2v) is 7.17. The van der Waals surface area contributed by atoms with Crippen molar-refractivity contribution >= 4 is 28.1 Å². The van der Waals surface area contributed by atoms with Crippen molar-refractivity contribution < 1.29 is 14.3 Å². The molecule has 3 aromatic carbocycles. The lowest BCUT2D eigenvalue weighted by Crippen LogP contribution is -2.18. The molecule has 0 spiro atoms. The van der Waals surface area contributed by atoms with Gasteiger partial charge in [-0.05, 0) is 35.9 Å². The zero-order chi connectivity index (χ0) is 21.2. The number of rotatable bonds is 9. The first-order valence-corrected chi connectivity index (χ1v) is 10.1. The third-order valence-electron chi connectivity index (χ3n) is 4.07. The summed E-state index contributed by atoms with van der Waals surface area (Å²) >= 11 is 3.43. The van der Waals surface area contributed by atoms with Crippen LogP contribution in [-0.2, 0) is 6.61 Å². The number of nitrogens with one attached hydrogen (secondary N) is 1. The summed E-state index contributed by atoms with van der Waals surface area (Å²) in [5.74, 6) is 0.771. The van der Waals surface area contributed by atoms with E-state index in [1.807, 2.05) is 54.6 Å². The fraction of sp³-hybridized carbons (Fsp3) is 0.0833. The average molecular weight is 465 g/mol. The van der Waals surface area contributed by atoms with Gasteiger partial charge in [-0.1, -0.05) is 71.0 Å². The minimum atomic E-state index is -0.363. The molecule has 0 heterocycles. The summed E-state index contributed by atoms with van der Waals surface area (Å²) < 4.78 is 12.3. The highest BCUT2D eigenvalue weighted by atomic mass is 79.9. The fourth-order valence-electron chi connectivity index (χ4n) is 2.64. The number of nitrogens with zero attached hydrogens (tertiary/aromatic N) is 1. The maximum Gasteiger partial charge on any atom is 0.275 e. The van der Waals surface area contributed by atoms with Crippen LogP contribution >= 0.6 is 15.9 Å². The average Bonchev–Trinajstić information content (AvgIpc) is 2.78. The number of para-hydroxylation sites is 1. The number of ether oxygens (including phenoxy) is 2. The molecule has 6 heteroatoms. The van der Waals surface area contributed by atoms with Crippen molar-refractivity contribution in [3.05, 3.63) is 107 Å². The lowest BCUT2D eigenvalue weighted by atomic mass is 10.2. The number of carbonyl (C=O) groups is 1. The highest BCUT2D eigenvalue weighted by molar-refractivity contribution is 9.10. The van der Waals surface area contributed by atoms with Gasteiger partial charge in [0.15, 0.2) is 0 Å². The number of hydrogen-bond acceptors (Lipinski definition) is 4. The molecule has 152 valence electrons. The monoisotopic (exact) mass is 464 g/mol. The molecular weight excluding hydrogens is 444 g/mol. The van der Waals surface area contributed by atoms with E-state index in [0.717, 1.165) is 15.6 Å². The van der Waals surface area contributed by atoms with Crippen LogP contribution in [0.1, 0.15) is 21.5 Å². The highest BCUT2D eigenvalue weighted by Gasteiger charge is 2.12. The summed E-state index contributed by atoms with van der Waals surface area (Å²) in [6.45, 7) is 4.40. The van der Waals surface area contributed by atoms with Gasteiger partial charge < -0.3 is 9.47 Å². The van der Waals surface area contributed by atoms with Gasteiger partial charge in [-0.25, -0.2) is 5.43 Å². The van der Waals surface area contributed by atoms with Crippen molar-refractivity contribution in [2.24, 2.45) is 5.10 Å². The Balaban J connectivity index is 1.68. The molecule has 0 aromatic heterocycles. The molecule has 0 unspecified atom stereocenters. The van der Waals surface area contributed by atoms with Gasteiger partial charge in [0, 0.05) is 10.0 Å². The molecule has 3 aromatic rings. The molecule has 5 nitrogen and oxygen atoms in total. The van der Waals surface area contributed by atoms with Gasteiger partial charge in [0.05, 0.1) is 11.8 Å². The molecule has 0 atom stereocenters. The molecule has 0 aliphatic carbocycles. The number of amides is 1. The first kappa shape index (κ1) is 21.3. The Kier molecular flexibility index (Phi) is 7.80. The molecule has 30 heavy (non-hydrogen) atoms. The maximum absolute atomic E-state index is 12.6. The van der Waals surface area contributed by atoms with E-state index in [1.54, 1.807) is 24.3 Å². The summed E-state index contributed by atoms with van der Waals surface area (Å²) in [7, 11) is 0. The van der Waals surface area contributed by atoms with Crippen LogP contribution in [0.15, 0.2) is 95.0 Å². The Labute approximate surface area is 184 Å². The van der Waals surface area contributed by atoms with Gasteiger partial charge in [-0.3, -0.25) is 4.79 Å². The summed E-state index contributed by atoms with van der Waals surface area (Å²) in [5, 5.41) is 4.08. The second kappa shape index (κ2) is 11.0. The Morgan fingerprint density at radius 2 is 1.77 bits per heavy atom. The Bertz CT molecular complexity index is 1040. The van der Waals surface area contributed by atoms with Crippen LogP contribution < -0.4 is 14.9 Å². The Morgan fingerprint density at radius 1 is 1.00 bits per heavy atom. The van der Waals surface area contributed by atoms with E-state index in [4.69, 9.17) is 9.47 Å². The van der Waals surface area contributed by atoms with Crippen molar-refractivity contribution in [2.45, 2.75) is 6.61 Å². The molecule has 0 fully saturated rings. The largest absolute Gasteiger partial charge is 0.489 e. The predicted octanol–water partition coefficient (Wildman–Crippen LogP) is 5.36. The van der Waals surface area contributed by atoms with Crippen LogP contribution in [0.25, 0.3) is 0 Å². The number of benzene rings is 3. The molecule has 0 aliphatic rings. The molecule has 0 radical (unpaired) electrons. The van der Waals surface area contributed by atoms with Gasteiger partial charge in [0.2, 0.25) is 0 Å². The van der Waals surface area contributed by atoms with E-state index < -0.39 is 0 Å². The van der Waals surface area contributed by atoms with Crippen LogP contribution in [0.4, 0.5) is 0 Å². The van der Waals surface area contributed by atoms with Crippen molar-refractivity contribution in [1.82, 2.24) is 5.43 Å². The van der Waals surface area contributed by atoms with Crippen LogP contribution in [0.2, 0.25) is 0 Å². The molecule has 1 amide bonds. The van der Waals surface area contributed by atoms with Crippen molar-refractivity contribution in [2.75, 3.05) is 6.61 Å². The third kappa shape index (κ3) is 6.06. The van der Waals surface area contributed by atoms with E-state index in [9.17, 15) is 4.79 Å². The van der Waals surface area contributed by atoms with Gasteiger partial charge in [-0.2, -0.15) is 5.10 Å². The van der Waals surface area contributed by atoms with Gasteiger partial charge in [-0.15, -0.1) is 0 Å². The summed E-state index contributed by atoms with van der Waals surface area (Å²) in [5.41, 5.74) is 4.70. The smallest absolute Gasteiger partial charge is 0.275 e. The third-order valence-corrected chi connectivity index (χ3v) is 4.56. The molecule has 0 saturated carbocycles. The van der Waals surface area contributed by atoms with E-state index in [0.29, 0.717) is 30.3 Å². The molecular formula is C24H21BrN2O3. The van der Waals surface area contributed by atoms with E-state index in [2.05, 4.69) is 33.0 Å². The number of carbonyl (C=O) groups excluding carboxylic acids is 1. The highest BCUT2D eigenvalue weighted by Crippen LogP contribution is 2.22. The van der Waals surface area contributed by atoms with Gasteiger partial charge in [0.25, 0.3) is 5.91 Å². The van der Waals surface area contributed by atoms with Crippen LogP contribution in [0, 0.1) is 0 Å². The first-order chi connectivity index (χ1) is 14.7. The Hall–Kier alpha value is -3.38. The zero-order valence-electron chi connectivity index (χ0n) is 16.3. The van der Waals surface area contributed by atoms with Crippen LogP contribution in [0.3, 0.4) is 0 Å². The van der Waals surface area contributed by atoms with E-state index in [1.165, 1.54) is 6.21 Å². The summed E-state index contributed by atoms with van der Waals surface area (Å²) in [6, 6.07) is 22.4. The quantitative estimate of drug-likeness (QED) is 0.263. The molecule has 0 aliphatic heterocycles. The molecule has 1 N–H and O–H groups in total. The van der Waals surface area contributed by atoms with Crippen LogP contribution in [-0.4, -0.2) is 18.7 Å². The molecule has 0 saturated heterocycles. The lowest BCUT2D eigenvalue weighted by molar-refractivity contribution is 0.0950. The van der Waals surface area contributed by atoms with Crippen molar-refractivity contribution in [3.63, 3.8) is 0 Å². The maximum atomic E-state index is 12.6. The van der Waals surface area contributed by atoms with E-state index >= 15 is 0 Å². The Morgan fingerprint density at radius 3 is 2.57 bits per heavy atom. The van der Waals surface area contributed by atoms with Gasteiger partial charge >= 0.3 is 0 Å². The van der Waals surface area contributed by atoms with E-state index in [-0.39, 0.29) is 5.91 Å². The lowest BCUT2D eigenvalue weighted by Gasteiger charge is -2.10. The number of hydrogen-bond donors (Lipinski definition) is 1. The van der Waals surface area contributed by atoms with Crippen LogP contribution in [0.5, 0.6) is 11.5 Å². The molecule has 0 bridgehead atoms. The SMILES string of the molecule is C=CCOc1ccc(Br)cc1/C=N\NC(=O)c1ccccc1OCc1ccccc1. The summed E-state index contributed by atoms with van der Waals surface area (Å²) in [4.78, 5) is 12.6. The normalized spacial score (nSPS) is 10.6. The zero-order valence-corrected chi connectivity index (χ0v) is 17.8. The standard InChI is InChI=1S/C24H21BrN2O3/c1-2-14-29-22-13-12-20(25)15-19(22)16-26-27-24(28)21-10-6-7-11-23(21)30-17-18-8-4-3-5-9-18/h2-13,15-16H,1,14,17H2,(H,27,28)/b26-16-. The minimum Gasteiger partial charge on any atom is -0.489 e. The first-order valence-electron chi connectivity index (χ1n) is 9.30. The minimum absolute atomic E-state index is 0.363. The predicted molar refractivity (Wildman–Crippen MR) is 122 cm³/mol. The van der Waals surface area contributed by atoms with Crippen molar-refractivity contribution in [1.29, 1.82) is 0 Å². The second-order valence-electron chi connectivity index (χ2n) is 6.25. The topological polar surface area (TPSA) is 59.9 Å². The number of hydrazone groups is 1. The fourth-order valence-corrected chi connectivity index (χ4v) is 3.02.